The Bertz CT molecular complexity index is 399. The molecule has 86 valence electrons. The SMILES string of the molecule is O=C(O)CCC(O)C(=O)c1cccc(O)c1. The Hall–Kier alpha value is -1.88. The second-order valence-corrected chi connectivity index (χ2v) is 3.36. The molecule has 5 heteroatoms. The molecular formula is C11H12O5. The third-order valence-corrected chi connectivity index (χ3v) is 2.06. The van der Waals surface area contributed by atoms with E-state index in [2.05, 4.69) is 0 Å². The topological polar surface area (TPSA) is 94.8 Å². The van der Waals surface area contributed by atoms with Crippen molar-refractivity contribution in [2.24, 2.45) is 0 Å². The number of ketones is 1. The zero-order valence-corrected chi connectivity index (χ0v) is 8.46. The van der Waals surface area contributed by atoms with E-state index in [4.69, 9.17) is 10.2 Å². The fraction of sp³-hybridized carbons (Fsp3) is 0.273. The van der Waals surface area contributed by atoms with E-state index in [-0.39, 0.29) is 24.2 Å². The number of phenols is 1. The zero-order chi connectivity index (χ0) is 12.1. The third kappa shape index (κ3) is 3.36. The van der Waals surface area contributed by atoms with Crippen molar-refractivity contribution in [3.05, 3.63) is 29.8 Å². The Morgan fingerprint density at radius 2 is 2.00 bits per heavy atom. The first kappa shape index (κ1) is 12.2. The van der Waals surface area contributed by atoms with E-state index in [1.54, 1.807) is 0 Å². The van der Waals surface area contributed by atoms with Gasteiger partial charge in [0.15, 0.2) is 5.78 Å². The van der Waals surface area contributed by atoms with Crippen LogP contribution in [0.15, 0.2) is 24.3 Å². The maximum Gasteiger partial charge on any atom is 0.303 e. The van der Waals surface area contributed by atoms with Gasteiger partial charge in [0, 0.05) is 12.0 Å². The van der Waals surface area contributed by atoms with Crippen molar-refractivity contribution < 1.29 is 24.9 Å². The quantitative estimate of drug-likeness (QED) is 0.643. The van der Waals surface area contributed by atoms with Crippen LogP contribution >= 0.6 is 0 Å². The van der Waals surface area contributed by atoms with E-state index in [9.17, 15) is 14.7 Å². The molecule has 0 radical (unpaired) electrons. The third-order valence-electron chi connectivity index (χ3n) is 2.06. The Morgan fingerprint density at radius 1 is 1.31 bits per heavy atom. The van der Waals surface area contributed by atoms with Gasteiger partial charge in [-0.3, -0.25) is 9.59 Å². The van der Waals surface area contributed by atoms with E-state index in [0.717, 1.165) is 0 Å². The van der Waals surface area contributed by atoms with Crippen LogP contribution in [0.4, 0.5) is 0 Å². The van der Waals surface area contributed by atoms with Crippen LogP contribution < -0.4 is 0 Å². The van der Waals surface area contributed by atoms with Gasteiger partial charge >= 0.3 is 5.97 Å². The summed E-state index contributed by atoms with van der Waals surface area (Å²) in [5, 5.41) is 26.9. The number of aliphatic carboxylic acids is 1. The van der Waals surface area contributed by atoms with Crippen LogP contribution in [0.25, 0.3) is 0 Å². The summed E-state index contributed by atoms with van der Waals surface area (Å²) in [6.07, 6.45) is -1.76. The number of hydrogen-bond donors (Lipinski definition) is 3. The average Bonchev–Trinajstić information content (AvgIpc) is 2.24. The summed E-state index contributed by atoms with van der Waals surface area (Å²) in [6, 6.07) is 5.56. The lowest BCUT2D eigenvalue weighted by atomic mass is 10.0. The van der Waals surface area contributed by atoms with Crippen LogP contribution in [0.3, 0.4) is 0 Å². The molecule has 0 aliphatic rings. The highest BCUT2D eigenvalue weighted by molar-refractivity contribution is 5.99. The van der Waals surface area contributed by atoms with Crippen molar-refractivity contribution in [2.75, 3.05) is 0 Å². The summed E-state index contributed by atoms with van der Waals surface area (Å²) in [5.74, 6) is -1.73. The zero-order valence-electron chi connectivity index (χ0n) is 8.46. The number of aliphatic hydroxyl groups is 1. The molecule has 16 heavy (non-hydrogen) atoms. The average molecular weight is 224 g/mol. The lowest BCUT2D eigenvalue weighted by molar-refractivity contribution is -0.137. The highest BCUT2D eigenvalue weighted by Crippen LogP contribution is 2.14. The van der Waals surface area contributed by atoms with Gasteiger partial charge in [-0.2, -0.15) is 0 Å². The molecule has 3 N–H and O–H groups in total. The number of rotatable bonds is 5. The Labute approximate surface area is 92.0 Å². The van der Waals surface area contributed by atoms with Crippen LogP contribution in [0.5, 0.6) is 5.75 Å². The van der Waals surface area contributed by atoms with Gasteiger partial charge < -0.3 is 15.3 Å². The number of carbonyl (C=O) groups excluding carboxylic acids is 1. The Balaban J connectivity index is 2.67. The minimum Gasteiger partial charge on any atom is -0.508 e. The van der Waals surface area contributed by atoms with Crippen molar-refractivity contribution in [3.8, 4) is 5.75 Å². The molecule has 0 aliphatic carbocycles. The van der Waals surface area contributed by atoms with Crippen LogP contribution in [0.2, 0.25) is 0 Å². The van der Waals surface area contributed by atoms with Crippen LogP contribution in [-0.4, -0.2) is 33.2 Å². The first-order valence-corrected chi connectivity index (χ1v) is 4.74. The van der Waals surface area contributed by atoms with Gasteiger partial charge in [-0.15, -0.1) is 0 Å². The summed E-state index contributed by atoms with van der Waals surface area (Å²) in [5.41, 5.74) is 0.165. The largest absolute Gasteiger partial charge is 0.508 e. The van der Waals surface area contributed by atoms with Crippen molar-refractivity contribution >= 4 is 11.8 Å². The Kier molecular flexibility index (Phi) is 4.02. The molecule has 5 nitrogen and oxygen atoms in total. The molecule has 0 spiro atoms. The minimum absolute atomic E-state index is 0.0729. The van der Waals surface area contributed by atoms with Crippen molar-refractivity contribution in [1.29, 1.82) is 0 Å². The number of hydrogen-bond acceptors (Lipinski definition) is 4. The number of aliphatic hydroxyl groups excluding tert-OH is 1. The molecule has 1 aromatic carbocycles. The number of carboxylic acids is 1. The van der Waals surface area contributed by atoms with Gasteiger partial charge in [-0.25, -0.2) is 0 Å². The van der Waals surface area contributed by atoms with Crippen molar-refractivity contribution in [2.45, 2.75) is 18.9 Å². The fourth-order valence-corrected chi connectivity index (χ4v) is 1.24. The summed E-state index contributed by atoms with van der Waals surface area (Å²) >= 11 is 0. The van der Waals surface area contributed by atoms with Gasteiger partial charge in [-0.05, 0) is 18.6 Å². The highest BCUT2D eigenvalue weighted by Gasteiger charge is 2.18. The van der Waals surface area contributed by atoms with Gasteiger partial charge in [0.25, 0.3) is 0 Å². The predicted octanol–water partition coefficient (Wildman–Crippen LogP) is 0.801. The molecule has 1 rings (SSSR count). The molecule has 0 fully saturated rings. The lowest BCUT2D eigenvalue weighted by Gasteiger charge is -2.08. The predicted molar refractivity (Wildman–Crippen MR) is 55.3 cm³/mol. The number of benzene rings is 1. The smallest absolute Gasteiger partial charge is 0.303 e. The van der Waals surface area contributed by atoms with Crippen molar-refractivity contribution in [1.82, 2.24) is 0 Å². The van der Waals surface area contributed by atoms with Gasteiger partial charge in [0.05, 0.1) is 0 Å². The maximum absolute atomic E-state index is 11.6. The molecule has 0 heterocycles. The molecule has 1 aromatic rings. The second kappa shape index (κ2) is 5.27. The monoisotopic (exact) mass is 224 g/mol. The molecule has 0 bridgehead atoms. The van der Waals surface area contributed by atoms with E-state index in [1.165, 1.54) is 24.3 Å². The maximum atomic E-state index is 11.6. The van der Waals surface area contributed by atoms with E-state index >= 15 is 0 Å². The van der Waals surface area contributed by atoms with E-state index in [1.807, 2.05) is 0 Å². The van der Waals surface area contributed by atoms with E-state index < -0.39 is 17.9 Å². The molecule has 0 saturated carbocycles. The number of carbonyl (C=O) groups is 2. The molecule has 0 aliphatic heterocycles. The molecule has 1 atom stereocenters. The van der Waals surface area contributed by atoms with Crippen LogP contribution in [0, 0.1) is 0 Å². The highest BCUT2D eigenvalue weighted by atomic mass is 16.4. The van der Waals surface area contributed by atoms with Gasteiger partial charge in [-0.1, -0.05) is 12.1 Å². The summed E-state index contributed by atoms with van der Waals surface area (Å²) < 4.78 is 0. The fourth-order valence-electron chi connectivity index (χ4n) is 1.24. The first-order chi connectivity index (χ1) is 7.50. The normalized spacial score (nSPS) is 12.1. The summed E-state index contributed by atoms with van der Waals surface area (Å²) in [6.45, 7) is 0. The Morgan fingerprint density at radius 3 is 2.56 bits per heavy atom. The number of phenolic OH excluding ortho intramolecular Hbond substituents is 1. The summed E-state index contributed by atoms with van der Waals surface area (Å²) in [4.78, 5) is 21.8. The summed E-state index contributed by atoms with van der Waals surface area (Å²) in [7, 11) is 0. The minimum atomic E-state index is -1.35. The van der Waals surface area contributed by atoms with Gasteiger partial charge in [0.1, 0.15) is 11.9 Å². The van der Waals surface area contributed by atoms with E-state index in [0.29, 0.717) is 0 Å². The standard InChI is InChI=1S/C11H12O5/c12-8-3-1-2-7(6-8)11(16)9(13)4-5-10(14)15/h1-3,6,9,12-13H,4-5H2,(H,14,15). The number of carboxylic acid groups (broad SMARTS) is 1. The van der Waals surface area contributed by atoms with Crippen LogP contribution in [-0.2, 0) is 4.79 Å². The molecular weight excluding hydrogens is 212 g/mol. The first-order valence-electron chi connectivity index (χ1n) is 4.74. The van der Waals surface area contributed by atoms with Gasteiger partial charge in [0.2, 0.25) is 0 Å². The number of aromatic hydroxyl groups is 1. The van der Waals surface area contributed by atoms with Crippen molar-refractivity contribution in [3.63, 3.8) is 0 Å². The molecule has 0 aromatic heterocycles. The molecule has 0 amide bonds. The van der Waals surface area contributed by atoms with Crippen LogP contribution in [0.1, 0.15) is 23.2 Å². The molecule has 0 saturated heterocycles. The molecule has 1 unspecified atom stereocenters. The number of Topliss-reactive ketones (excluding diaryl/α,β-unsaturated/α-hetero) is 1. The lowest BCUT2D eigenvalue weighted by Crippen LogP contribution is -2.21. The second-order valence-electron chi connectivity index (χ2n) is 3.36.